The van der Waals surface area contributed by atoms with Crippen molar-refractivity contribution in [2.45, 2.75) is 6.04 Å². The van der Waals surface area contributed by atoms with E-state index in [0.29, 0.717) is 6.07 Å². The Kier molecular flexibility index (Phi) is 2.63. The first-order valence-corrected chi connectivity index (χ1v) is 4.65. The maximum atomic E-state index is 13.2. The molecule has 0 bridgehead atoms. The Labute approximate surface area is 94.2 Å². The van der Waals surface area contributed by atoms with Gasteiger partial charge in [-0.3, -0.25) is 0 Å². The molecular formula is C10H6F3N3O. The highest BCUT2D eigenvalue weighted by Crippen LogP contribution is 2.22. The summed E-state index contributed by atoms with van der Waals surface area (Å²) in [7, 11) is 0. The predicted octanol–water partition coefficient (Wildman–Crippen LogP) is 1.84. The van der Waals surface area contributed by atoms with Crippen LogP contribution < -0.4 is 5.32 Å². The quantitative estimate of drug-likeness (QED) is 0.602. The molecular weight excluding hydrogens is 235 g/mol. The molecule has 0 aliphatic carbocycles. The lowest BCUT2D eigenvalue weighted by atomic mass is 10.3. The lowest BCUT2D eigenvalue weighted by Crippen LogP contribution is -2.21. The molecule has 0 radical (unpaired) electrons. The van der Waals surface area contributed by atoms with Gasteiger partial charge in [0, 0.05) is 0 Å². The van der Waals surface area contributed by atoms with Gasteiger partial charge in [0.15, 0.2) is 17.5 Å². The van der Waals surface area contributed by atoms with Crippen LogP contribution in [0.1, 0.15) is 0 Å². The minimum atomic E-state index is -1.65. The number of urea groups is 1. The normalized spacial score (nSPS) is 17.5. The number of halogens is 3. The maximum absolute atomic E-state index is 13.2. The van der Waals surface area contributed by atoms with E-state index < -0.39 is 35.2 Å². The van der Waals surface area contributed by atoms with Crippen molar-refractivity contribution in [3.8, 4) is 6.07 Å². The highest BCUT2D eigenvalue weighted by atomic mass is 19.2. The van der Waals surface area contributed by atoms with E-state index in [1.807, 2.05) is 6.07 Å². The highest BCUT2D eigenvalue weighted by molar-refractivity contribution is 5.91. The zero-order chi connectivity index (χ0) is 12.6. The zero-order valence-corrected chi connectivity index (χ0v) is 8.38. The average Bonchev–Trinajstić information content (AvgIpc) is 3.09. The van der Waals surface area contributed by atoms with Crippen molar-refractivity contribution in [3.05, 3.63) is 29.6 Å². The van der Waals surface area contributed by atoms with E-state index in [2.05, 4.69) is 5.32 Å². The fourth-order valence-corrected chi connectivity index (χ4v) is 1.28. The molecule has 1 aromatic rings. The number of carbonyl (C=O) groups is 1. The first-order valence-electron chi connectivity index (χ1n) is 4.65. The molecule has 1 N–H and O–H groups in total. The highest BCUT2D eigenvalue weighted by Gasteiger charge is 2.38. The minimum Gasteiger partial charge on any atom is -0.305 e. The van der Waals surface area contributed by atoms with Crippen LogP contribution in [0.25, 0.3) is 0 Å². The second-order valence-corrected chi connectivity index (χ2v) is 3.45. The molecule has 1 fully saturated rings. The van der Waals surface area contributed by atoms with Gasteiger partial charge in [-0.25, -0.2) is 18.0 Å². The molecule has 1 heterocycles. The van der Waals surface area contributed by atoms with Crippen LogP contribution in [-0.4, -0.2) is 23.5 Å². The topological polar surface area (TPSA) is 55.9 Å². The average molecular weight is 241 g/mol. The lowest BCUT2D eigenvalue weighted by Gasteiger charge is -2.07. The van der Waals surface area contributed by atoms with Crippen molar-refractivity contribution in [3.63, 3.8) is 0 Å². The Hall–Kier alpha value is -2.23. The number of carbonyl (C=O) groups excluding carboxylic acids is 1. The van der Waals surface area contributed by atoms with Gasteiger partial charge in [-0.1, -0.05) is 0 Å². The van der Waals surface area contributed by atoms with Crippen LogP contribution in [0, 0.1) is 28.8 Å². The van der Waals surface area contributed by atoms with Gasteiger partial charge >= 0.3 is 6.03 Å². The predicted molar refractivity (Wildman–Crippen MR) is 51.4 cm³/mol. The second kappa shape index (κ2) is 3.97. The summed E-state index contributed by atoms with van der Waals surface area (Å²) in [6.45, 7) is 0.244. The summed E-state index contributed by atoms with van der Waals surface area (Å²) in [5.41, 5.74) is -0.461. The summed E-state index contributed by atoms with van der Waals surface area (Å²) in [6, 6.07) is 2.19. The summed E-state index contributed by atoms with van der Waals surface area (Å²) < 4.78 is 38.6. The Morgan fingerprint density at radius 2 is 2.12 bits per heavy atom. The summed E-state index contributed by atoms with van der Waals surface area (Å²) in [5, 5.41) is 10.5. The van der Waals surface area contributed by atoms with Crippen LogP contribution in [0.3, 0.4) is 0 Å². The van der Waals surface area contributed by atoms with Crippen molar-refractivity contribution in [1.29, 1.82) is 5.26 Å². The van der Waals surface area contributed by atoms with Crippen LogP contribution in [0.2, 0.25) is 0 Å². The van der Waals surface area contributed by atoms with Gasteiger partial charge in [-0.15, -0.1) is 0 Å². The first kappa shape index (κ1) is 11.3. The van der Waals surface area contributed by atoms with Gasteiger partial charge in [0.1, 0.15) is 6.04 Å². The molecule has 1 aliphatic heterocycles. The van der Waals surface area contributed by atoms with Crippen molar-refractivity contribution >= 4 is 11.7 Å². The smallest absolute Gasteiger partial charge is 0.305 e. The lowest BCUT2D eigenvalue weighted by molar-refractivity contribution is 0.240. The number of nitrogens with zero attached hydrogens (tertiary/aromatic N) is 2. The van der Waals surface area contributed by atoms with E-state index >= 15 is 0 Å². The second-order valence-electron chi connectivity index (χ2n) is 3.45. The van der Waals surface area contributed by atoms with Crippen molar-refractivity contribution in [1.82, 2.24) is 4.90 Å². The van der Waals surface area contributed by atoms with Crippen LogP contribution in [0.4, 0.5) is 23.7 Å². The SMILES string of the molecule is N#CC1CN1C(=O)Nc1ccc(F)c(F)c1F. The third kappa shape index (κ3) is 2.01. The number of hydrogen-bond acceptors (Lipinski definition) is 2. The standard InChI is InChI=1S/C10H6F3N3O/c11-6-1-2-7(9(13)8(6)12)15-10(17)16-4-5(16)3-14/h1-2,5H,4H2,(H,15,17). The third-order valence-electron chi connectivity index (χ3n) is 2.30. The number of nitrogens with one attached hydrogen (secondary N) is 1. The number of rotatable bonds is 1. The van der Waals surface area contributed by atoms with E-state index in [1.54, 1.807) is 0 Å². The van der Waals surface area contributed by atoms with Crippen molar-refractivity contribution < 1.29 is 18.0 Å². The van der Waals surface area contributed by atoms with Gasteiger partial charge in [0.05, 0.1) is 18.3 Å². The van der Waals surface area contributed by atoms with Crippen molar-refractivity contribution in [2.24, 2.45) is 0 Å². The molecule has 88 valence electrons. The van der Waals surface area contributed by atoms with Gasteiger partial charge in [0.25, 0.3) is 0 Å². The Morgan fingerprint density at radius 3 is 2.71 bits per heavy atom. The molecule has 4 nitrogen and oxygen atoms in total. The Balaban J connectivity index is 2.13. The van der Waals surface area contributed by atoms with E-state index in [4.69, 9.17) is 5.26 Å². The van der Waals surface area contributed by atoms with Crippen LogP contribution in [0.15, 0.2) is 12.1 Å². The van der Waals surface area contributed by atoms with Crippen LogP contribution in [-0.2, 0) is 0 Å². The van der Waals surface area contributed by atoms with E-state index in [1.165, 1.54) is 0 Å². The number of amides is 2. The van der Waals surface area contributed by atoms with Gasteiger partial charge < -0.3 is 10.2 Å². The summed E-state index contributed by atoms with van der Waals surface area (Å²) >= 11 is 0. The number of anilines is 1. The molecule has 0 aromatic heterocycles. The fourth-order valence-electron chi connectivity index (χ4n) is 1.28. The fraction of sp³-hybridized carbons (Fsp3) is 0.200. The Bertz CT molecular complexity index is 526. The monoisotopic (exact) mass is 241 g/mol. The molecule has 17 heavy (non-hydrogen) atoms. The van der Waals surface area contributed by atoms with E-state index in [-0.39, 0.29) is 6.54 Å². The van der Waals surface area contributed by atoms with Crippen LogP contribution >= 0.6 is 0 Å². The summed E-state index contributed by atoms with van der Waals surface area (Å²) in [4.78, 5) is 12.5. The van der Waals surface area contributed by atoms with Crippen molar-refractivity contribution in [2.75, 3.05) is 11.9 Å². The van der Waals surface area contributed by atoms with Gasteiger partial charge in [-0.05, 0) is 12.1 Å². The molecule has 1 unspecified atom stereocenters. The Morgan fingerprint density at radius 1 is 1.41 bits per heavy atom. The molecule has 2 rings (SSSR count). The maximum Gasteiger partial charge on any atom is 0.323 e. The number of nitriles is 1. The molecule has 1 atom stereocenters. The van der Waals surface area contributed by atoms with E-state index in [0.717, 1.165) is 11.0 Å². The third-order valence-corrected chi connectivity index (χ3v) is 2.30. The molecule has 0 saturated carbocycles. The summed E-state index contributed by atoms with van der Waals surface area (Å²) in [6.07, 6.45) is 0. The number of hydrogen-bond donors (Lipinski definition) is 1. The number of benzene rings is 1. The van der Waals surface area contributed by atoms with Gasteiger partial charge in [-0.2, -0.15) is 5.26 Å². The van der Waals surface area contributed by atoms with E-state index in [9.17, 15) is 18.0 Å². The largest absolute Gasteiger partial charge is 0.323 e. The summed E-state index contributed by atoms with van der Waals surface area (Å²) in [5.74, 6) is -4.44. The molecule has 7 heteroatoms. The molecule has 1 aliphatic rings. The zero-order valence-electron chi connectivity index (χ0n) is 8.38. The molecule has 2 amide bonds. The molecule has 0 spiro atoms. The van der Waals surface area contributed by atoms with Crippen LogP contribution in [0.5, 0.6) is 0 Å². The minimum absolute atomic E-state index is 0.244. The van der Waals surface area contributed by atoms with Gasteiger partial charge in [0.2, 0.25) is 0 Å². The molecule has 1 aromatic carbocycles. The molecule has 1 saturated heterocycles. The first-order chi connectivity index (χ1) is 8.04.